The summed E-state index contributed by atoms with van der Waals surface area (Å²) in [4.78, 5) is 15.7. The van der Waals surface area contributed by atoms with Crippen molar-refractivity contribution in [2.24, 2.45) is 11.1 Å². The van der Waals surface area contributed by atoms with Crippen LogP contribution < -0.4 is 10.5 Å². The molecule has 0 fully saturated rings. The van der Waals surface area contributed by atoms with Gasteiger partial charge in [-0.1, -0.05) is 39.8 Å². The second-order valence-electron chi connectivity index (χ2n) is 9.88. The number of hydrogen-bond acceptors (Lipinski definition) is 5. The van der Waals surface area contributed by atoms with Gasteiger partial charge in [0.05, 0.1) is 4.88 Å². The lowest BCUT2D eigenvalue weighted by atomic mass is 9.74. The summed E-state index contributed by atoms with van der Waals surface area (Å²) in [7, 11) is 0. The Bertz CT molecular complexity index is 960. The Morgan fingerprint density at radius 1 is 1.25 bits per heavy atom. The van der Waals surface area contributed by atoms with Gasteiger partial charge in [-0.25, -0.2) is 0 Å². The number of ketones is 1. The molecule has 0 bridgehead atoms. The molecule has 3 rings (SSSR count). The molecule has 4 nitrogen and oxygen atoms in total. The van der Waals surface area contributed by atoms with Crippen LogP contribution in [0.1, 0.15) is 82.9 Å². The normalized spacial score (nSPS) is 16.0. The zero-order valence-corrected chi connectivity index (χ0v) is 21.2. The number of carbonyl (C=O) groups is 1. The molecule has 1 aliphatic rings. The average Bonchev–Trinajstić information content (AvgIpc) is 3.12. The number of aryl methyl sites for hydroxylation is 4. The molecule has 1 atom stereocenters. The second kappa shape index (κ2) is 10.5. The van der Waals surface area contributed by atoms with E-state index < -0.39 is 6.10 Å². The van der Waals surface area contributed by atoms with Gasteiger partial charge in [-0.05, 0) is 78.7 Å². The quantitative estimate of drug-likeness (QED) is 0.480. The SMILES string of the molecule is CCc1cc(CCC(=O)c2sc(CC)c3c2CCC(C)(C)C3)cc(C)c1OCC(O)CN. The van der Waals surface area contributed by atoms with Crippen LogP contribution >= 0.6 is 11.3 Å². The van der Waals surface area contributed by atoms with E-state index in [-0.39, 0.29) is 18.9 Å². The third-order valence-electron chi connectivity index (χ3n) is 6.61. The molecule has 1 aromatic heterocycles. The minimum absolute atomic E-state index is 0.185. The zero-order chi connectivity index (χ0) is 23.5. The first-order valence-corrected chi connectivity index (χ1v) is 12.8. The molecule has 0 amide bonds. The number of aliphatic hydroxyl groups is 1. The summed E-state index contributed by atoms with van der Waals surface area (Å²) in [5.41, 5.74) is 11.9. The molecule has 1 heterocycles. The molecule has 0 radical (unpaired) electrons. The molecule has 1 unspecified atom stereocenters. The Kier molecular flexibility index (Phi) is 8.18. The van der Waals surface area contributed by atoms with E-state index in [1.807, 2.05) is 6.92 Å². The molecule has 0 spiro atoms. The van der Waals surface area contributed by atoms with Crippen molar-refractivity contribution in [3.63, 3.8) is 0 Å². The van der Waals surface area contributed by atoms with Crippen LogP contribution in [0.15, 0.2) is 12.1 Å². The third-order valence-corrected chi connectivity index (χ3v) is 8.07. The Balaban J connectivity index is 1.74. The first-order valence-electron chi connectivity index (χ1n) is 12.0. The number of Topliss-reactive ketones (excluding diaryl/α,β-unsaturated/α-hetero) is 1. The lowest BCUT2D eigenvalue weighted by Crippen LogP contribution is -2.27. The highest BCUT2D eigenvalue weighted by atomic mass is 32.1. The maximum absolute atomic E-state index is 13.2. The maximum atomic E-state index is 13.2. The van der Waals surface area contributed by atoms with Crippen molar-refractivity contribution >= 4 is 17.1 Å². The van der Waals surface area contributed by atoms with E-state index in [0.717, 1.165) is 60.3 Å². The van der Waals surface area contributed by atoms with E-state index in [1.54, 1.807) is 11.3 Å². The molecule has 176 valence electrons. The lowest BCUT2D eigenvalue weighted by Gasteiger charge is -2.30. The van der Waals surface area contributed by atoms with Crippen LogP contribution in [-0.2, 0) is 32.1 Å². The fraction of sp³-hybridized carbons (Fsp3) is 0.593. The average molecular weight is 458 g/mol. The van der Waals surface area contributed by atoms with Gasteiger partial charge in [0.25, 0.3) is 0 Å². The predicted molar refractivity (Wildman–Crippen MR) is 133 cm³/mol. The van der Waals surface area contributed by atoms with E-state index >= 15 is 0 Å². The van der Waals surface area contributed by atoms with Gasteiger partial charge in [0.1, 0.15) is 18.5 Å². The van der Waals surface area contributed by atoms with E-state index in [4.69, 9.17) is 10.5 Å². The number of aliphatic hydroxyl groups excluding tert-OH is 1. The van der Waals surface area contributed by atoms with Gasteiger partial charge in [-0.2, -0.15) is 0 Å². The van der Waals surface area contributed by atoms with Crippen molar-refractivity contribution in [3.8, 4) is 5.75 Å². The van der Waals surface area contributed by atoms with Crippen LogP contribution in [0.4, 0.5) is 0 Å². The van der Waals surface area contributed by atoms with Gasteiger partial charge in [0.15, 0.2) is 5.78 Å². The molecule has 3 N–H and O–H groups in total. The number of hydrogen-bond donors (Lipinski definition) is 2. The van der Waals surface area contributed by atoms with Crippen molar-refractivity contribution in [1.29, 1.82) is 0 Å². The van der Waals surface area contributed by atoms with Gasteiger partial charge in [-0.3, -0.25) is 4.79 Å². The molecule has 2 aromatic rings. The molecule has 1 aliphatic carbocycles. The predicted octanol–water partition coefficient (Wildman–Crippen LogP) is 5.21. The topological polar surface area (TPSA) is 72.5 Å². The van der Waals surface area contributed by atoms with E-state index in [0.29, 0.717) is 11.8 Å². The fourth-order valence-electron chi connectivity index (χ4n) is 4.72. The Hall–Kier alpha value is -1.69. The van der Waals surface area contributed by atoms with Crippen molar-refractivity contribution < 1.29 is 14.6 Å². The molecule has 0 saturated heterocycles. The standard InChI is InChI=1S/C27H39NO3S/c1-6-19-13-18(12-17(3)25(19)31-16-20(29)15-28)8-9-23(30)26-21-10-11-27(4,5)14-22(21)24(7-2)32-26/h12-13,20,29H,6-11,14-16,28H2,1-5H3. The highest BCUT2D eigenvalue weighted by Crippen LogP contribution is 2.42. The lowest BCUT2D eigenvalue weighted by molar-refractivity contribution is 0.0985. The summed E-state index contributed by atoms with van der Waals surface area (Å²) in [5, 5.41) is 9.73. The summed E-state index contributed by atoms with van der Waals surface area (Å²) in [6, 6.07) is 4.26. The largest absolute Gasteiger partial charge is 0.490 e. The molecular formula is C27H39NO3S. The van der Waals surface area contributed by atoms with Crippen LogP contribution in [0.3, 0.4) is 0 Å². The van der Waals surface area contributed by atoms with Crippen LogP contribution in [0.2, 0.25) is 0 Å². The highest BCUT2D eigenvalue weighted by molar-refractivity contribution is 7.14. The number of benzene rings is 1. The molecule has 0 aliphatic heterocycles. The number of nitrogens with two attached hydrogens (primary N) is 1. The summed E-state index contributed by atoms with van der Waals surface area (Å²) < 4.78 is 5.86. The summed E-state index contributed by atoms with van der Waals surface area (Å²) in [6.45, 7) is 11.4. The molecular weight excluding hydrogens is 418 g/mol. The van der Waals surface area contributed by atoms with Crippen LogP contribution in [-0.4, -0.2) is 30.1 Å². The Morgan fingerprint density at radius 2 is 2.00 bits per heavy atom. The monoisotopic (exact) mass is 457 g/mol. The maximum Gasteiger partial charge on any atom is 0.173 e. The Labute approximate surface area is 197 Å². The van der Waals surface area contributed by atoms with Crippen molar-refractivity contribution in [2.75, 3.05) is 13.2 Å². The van der Waals surface area contributed by atoms with Gasteiger partial charge >= 0.3 is 0 Å². The van der Waals surface area contributed by atoms with Crippen LogP contribution in [0, 0.1) is 12.3 Å². The minimum atomic E-state index is -0.660. The van der Waals surface area contributed by atoms with Gasteiger partial charge in [0, 0.05) is 17.8 Å². The zero-order valence-electron chi connectivity index (χ0n) is 20.3. The number of ether oxygens (including phenoxy) is 1. The third kappa shape index (κ3) is 5.62. The van der Waals surface area contributed by atoms with Crippen LogP contribution in [0.5, 0.6) is 5.75 Å². The fourth-order valence-corrected chi connectivity index (χ4v) is 6.00. The van der Waals surface area contributed by atoms with Gasteiger partial charge < -0.3 is 15.6 Å². The van der Waals surface area contributed by atoms with Crippen LogP contribution in [0.25, 0.3) is 0 Å². The minimum Gasteiger partial charge on any atom is -0.490 e. The Morgan fingerprint density at radius 3 is 2.66 bits per heavy atom. The van der Waals surface area contributed by atoms with Crippen molar-refractivity contribution in [3.05, 3.63) is 49.7 Å². The highest BCUT2D eigenvalue weighted by Gasteiger charge is 2.31. The van der Waals surface area contributed by atoms with E-state index in [9.17, 15) is 9.90 Å². The first-order chi connectivity index (χ1) is 15.2. The number of fused-ring (bicyclic) bond motifs is 1. The van der Waals surface area contributed by atoms with Gasteiger partial charge in [0.2, 0.25) is 0 Å². The van der Waals surface area contributed by atoms with Crippen molar-refractivity contribution in [2.45, 2.75) is 85.7 Å². The number of carbonyl (C=O) groups excluding carboxylic acids is 1. The molecule has 0 saturated carbocycles. The van der Waals surface area contributed by atoms with Gasteiger partial charge in [-0.15, -0.1) is 11.3 Å². The molecule has 5 heteroatoms. The second-order valence-corrected chi connectivity index (χ2v) is 11.0. The molecule has 32 heavy (non-hydrogen) atoms. The summed E-state index contributed by atoms with van der Waals surface area (Å²) in [6.07, 6.45) is 5.73. The first kappa shape index (κ1) is 24.9. The number of thiophene rings is 1. The number of rotatable bonds is 10. The van der Waals surface area contributed by atoms with Crippen molar-refractivity contribution in [1.82, 2.24) is 0 Å². The summed E-state index contributed by atoms with van der Waals surface area (Å²) in [5.74, 6) is 1.12. The molecule has 1 aromatic carbocycles. The van der Waals surface area contributed by atoms with E-state index in [2.05, 4.69) is 39.8 Å². The smallest absolute Gasteiger partial charge is 0.173 e. The van der Waals surface area contributed by atoms with E-state index in [1.165, 1.54) is 21.6 Å². The summed E-state index contributed by atoms with van der Waals surface area (Å²) >= 11 is 1.74.